The third kappa shape index (κ3) is 4.25. The van der Waals surface area contributed by atoms with E-state index in [-0.39, 0.29) is 6.10 Å². The molecule has 1 unspecified atom stereocenters. The molecule has 1 aromatic heterocycles. The van der Waals surface area contributed by atoms with E-state index in [9.17, 15) is 0 Å². The molecule has 0 saturated carbocycles. The van der Waals surface area contributed by atoms with Crippen LogP contribution in [0.4, 0.5) is 0 Å². The van der Waals surface area contributed by atoms with E-state index in [4.69, 9.17) is 14.5 Å². The molecule has 140 valence electrons. The Hall–Kier alpha value is -1.91. The Kier molecular flexibility index (Phi) is 6.28. The monoisotopic (exact) mass is 354 g/mol. The van der Waals surface area contributed by atoms with Crippen LogP contribution >= 0.6 is 0 Å². The molecule has 0 spiro atoms. The summed E-state index contributed by atoms with van der Waals surface area (Å²) in [7, 11) is 0. The number of ether oxygens (including phenoxy) is 2. The van der Waals surface area contributed by atoms with Gasteiger partial charge in [0.05, 0.1) is 24.6 Å². The van der Waals surface area contributed by atoms with Gasteiger partial charge in [-0.15, -0.1) is 0 Å². The zero-order valence-corrected chi connectivity index (χ0v) is 16.4. The number of hydrogen-bond acceptors (Lipinski definition) is 4. The first-order valence-electron chi connectivity index (χ1n) is 9.64. The standard InChI is InChI=1S/C22H30N2O2/c1-5-24(6-2)13-16(3)26-22-17(4)23-21(19-14-25-15-20(19)22)12-18-10-8-7-9-11-18/h7-11,16H,5-6,12-15H2,1-4H3. The van der Waals surface area contributed by atoms with Gasteiger partial charge in [0.2, 0.25) is 0 Å². The number of nitrogens with zero attached hydrogens (tertiary/aromatic N) is 2. The molecule has 1 atom stereocenters. The molecule has 0 aliphatic carbocycles. The predicted octanol–water partition coefficient (Wildman–Crippen LogP) is 4.12. The van der Waals surface area contributed by atoms with E-state index in [1.54, 1.807) is 0 Å². The van der Waals surface area contributed by atoms with Gasteiger partial charge in [-0.1, -0.05) is 44.2 Å². The van der Waals surface area contributed by atoms with Crippen LogP contribution < -0.4 is 4.74 Å². The van der Waals surface area contributed by atoms with Crippen molar-refractivity contribution in [1.29, 1.82) is 0 Å². The van der Waals surface area contributed by atoms with Gasteiger partial charge in [-0.2, -0.15) is 0 Å². The van der Waals surface area contributed by atoms with E-state index in [2.05, 4.69) is 49.9 Å². The summed E-state index contributed by atoms with van der Waals surface area (Å²) in [5, 5.41) is 0. The molecule has 4 nitrogen and oxygen atoms in total. The highest BCUT2D eigenvalue weighted by Gasteiger charge is 2.25. The topological polar surface area (TPSA) is 34.6 Å². The van der Waals surface area contributed by atoms with Crippen LogP contribution in [0.1, 0.15) is 48.8 Å². The minimum Gasteiger partial charge on any atom is -0.487 e. The molecule has 0 fully saturated rings. The van der Waals surface area contributed by atoms with Crippen molar-refractivity contribution < 1.29 is 9.47 Å². The smallest absolute Gasteiger partial charge is 0.146 e. The lowest BCUT2D eigenvalue weighted by molar-refractivity contribution is 0.127. The SMILES string of the molecule is CCN(CC)CC(C)Oc1c(C)nc(Cc2ccccc2)c2c1COC2. The first kappa shape index (κ1) is 18.9. The number of hydrogen-bond donors (Lipinski definition) is 0. The summed E-state index contributed by atoms with van der Waals surface area (Å²) in [6.07, 6.45) is 0.961. The molecule has 2 heterocycles. The zero-order chi connectivity index (χ0) is 18.5. The second kappa shape index (κ2) is 8.65. The van der Waals surface area contributed by atoms with Crippen molar-refractivity contribution in [2.75, 3.05) is 19.6 Å². The fourth-order valence-electron chi connectivity index (χ4n) is 3.60. The van der Waals surface area contributed by atoms with Gasteiger partial charge in [-0.05, 0) is 32.5 Å². The first-order chi connectivity index (χ1) is 12.6. The molecule has 3 rings (SSSR count). The summed E-state index contributed by atoms with van der Waals surface area (Å²) in [6.45, 7) is 12.8. The van der Waals surface area contributed by atoms with Crippen molar-refractivity contribution in [2.45, 2.75) is 53.4 Å². The lowest BCUT2D eigenvalue weighted by Gasteiger charge is -2.25. The maximum Gasteiger partial charge on any atom is 0.146 e. The highest BCUT2D eigenvalue weighted by molar-refractivity contribution is 5.47. The molecule has 0 N–H and O–H groups in total. The van der Waals surface area contributed by atoms with Crippen molar-refractivity contribution >= 4 is 0 Å². The van der Waals surface area contributed by atoms with E-state index in [1.807, 2.05) is 13.0 Å². The van der Waals surface area contributed by atoms with Gasteiger partial charge >= 0.3 is 0 Å². The zero-order valence-electron chi connectivity index (χ0n) is 16.4. The van der Waals surface area contributed by atoms with Crippen LogP contribution in [0.5, 0.6) is 5.75 Å². The van der Waals surface area contributed by atoms with E-state index in [0.717, 1.165) is 43.2 Å². The Morgan fingerprint density at radius 3 is 2.50 bits per heavy atom. The Morgan fingerprint density at radius 2 is 1.81 bits per heavy atom. The molecule has 1 aromatic carbocycles. The number of likely N-dealkylation sites (N-methyl/N-ethyl adjacent to an activating group) is 1. The fraction of sp³-hybridized carbons (Fsp3) is 0.500. The van der Waals surface area contributed by atoms with Crippen LogP contribution in [0.15, 0.2) is 30.3 Å². The largest absolute Gasteiger partial charge is 0.487 e. The second-order valence-electron chi connectivity index (χ2n) is 7.00. The molecule has 26 heavy (non-hydrogen) atoms. The van der Waals surface area contributed by atoms with Crippen LogP contribution in [-0.4, -0.2) is 35.6 Å². The van der Waals surface area contributed by atoms with Crippen molar-refractivity contribution in [3.8, 4) is 5.75 Å². The average molecular weight is 354 g/mol. The summed E-state index contributed by atoms with van der Waals surface area (Å²) in [5.41, 5.74) is 5.76. The maximum absolute atomic E-state index is 6.34. The summed E-state index contributed by atoms with van der Waals surface area (Å²) in [4.78, 5) is 7.28. The summed E-state index contributed by atoms with van der Waals surface area (Å²) < 4.78 is 12.1. The van der Waals surface area contributed by atoms with E-state index < -0.39 is 0 Å². The first-order valence-corrected chi connectivity index (χ1v) is 9.64. The Bertz CT molecular complexity index is 727. The van der Waals surface area contributed by atoms with Crippen LogP contribution in [0, 0.1) is 6.92 Å². The van der Waals surface area contributed by atoms with Gasteiger partial charge < -0.3 is 14.4 Å². The van der Waals surface area contributed by atoms with Gasteiger partial charge in [-0.25, -0.2) is 0 Å². The van der Waals surface area contributed by atoms with Crippen molar-refractivity contribution in [2.24, 2.45) is 0 Å². The number of benzene rings is 1. The molecule has 0 saturated heterocycles. The number of pyridine rings is 1. The molecule has 4 heteroatoms. The van der Waals surface area contributed by atoms with Crippen LogP contribution in [0.2, 0.25) is 0 Å². The molecule has 0 radical (unpaired) electrons. The third-order valence-electron chi connectivity index (χ3n) is 5.05. The third-order valence-corrected chi connectivity index (χ3v) is 5.05. The number of aryl methyl sites for hydroxylation is 1. The van der Waals surface area contributed by atoms with Crippen LogP contribution in [0.25, 0.3) is 0 Å². The minimum absolute atomic E-state index is 0.125. The van der Waals surface area contributed by atoms with Crippen molar-refractivity contribution in [3.05, 3.63) is 58.4 Å². The highest BCUT2D eigenvalue weighted by Crippen LogP contribution is 2.34. The summed E-state index contributed by atoms with van der Waals surface area (Å²) in [5.74, 6) is 0.925. The predicted molar refractivity (Wildman–Crippen MR) is 105 cm³/mol. The Labute approximate surface area is 157 Å². The Morgan fingerprint density at radius 1 is 1.12 bits per heavy atom. The number of rotatable bonds is 8. The van der Waals surface area contributed by atoms with Crippen molar-refractivity contribution in [1.82, 2.24) is 9.88 Å². The Balaban J connectivity index is 1.83. The molecule has 0 amide bonds. The lowest BCUT2D eigenvalue weighted by atomic mass is 10.0. The van der Waals surface area contributed by atoms with Crippen molar-refractivity contribution in [3.63, 3.8) is 0 Å². The van der Waals surface area contributed by atoms with Gasteiger partial charge in [-0.3, -0.25) is 4.98 Å². The van der Waals surface area contributed by atoms with E-state index >= 15 is 0 Å². The average Bonchev–Trinajstić information content (AvgIpc) is 3.14. The van der Waals surface area contributed by atoms with Crippen LogP contribution in [0.3, 0.4) is 0 Å². The molecular formula is C22H30N2O2. The summed E-state index contributed by atoms with van der Waals surface area (Å²) in [6, 6.07) is 10.5. The minimum atomic E-state index is 0.125. The molecule has 1 aliphatic rings. The van der Waals surface area contributed by atoms with Gasteiger partial charge in [0.1, 0.15) is 11.9 Å². The summed E-state index contributed by atoms with van der Waals surface area (Å²) >= 11 is 0. The molecule has 2 aromatic rings. The molecule has 1 aliphatic heterocycles. The number of fused-ring (bicyclic) bond motifs is 1. The maximum atomic E-state index is 6.34. The van der Waals surface area contributed by atoms with Crippen LogP contribution in [-0.2, 0) is 24.4 Å². The quantitative estimate of drug-likeness (QED) is 0.714. The fourth-order valence-corrected chi connectivity index (χ4v) is 3.60. The van der Waals surface area contributed by atoms with Gasteiger partial charge in [0.25, 0.3) is 0 Å². The number of aromatic nitrogens is 1. The van der Waals surface area contributed by atoms with Gasteiger partial charge in [0, 0.05) is 24.1 Å². The van der Waals surface area contributed by atoms with Gasteiger partial charge in [0.15, 0.2) is 0 Å². The van der Waals surface area contributed by atoms with E-state index in [1.165, 1.54) is 16.7 Å². The highest BCUT2D eigenvalue weighted by atomic mass is 16.5. The lowest BCUT2D eigenvalue weighted by Crippen LogP contribution is -2.34. The molecule has 0 bridgehead atoms. The molecular weight excluding hydrogens is 324 g/mol. The normalized spacial score (nSPS) is 14.5. The second-order valence-corrected chi connectivity index (χ2v) is 7.00. The van der Waals surface area contributed by atoms with E-state index in [0.29, 0.717) is 13.2 Å².